The Morgan fingerprint density at radius 1 is 1.28 bits per heavy atom. The van der Waals surface area contributed by atoms with Crippen LogP contribution in [0.4, 0.5) is 0 Å². The normalized spacial score (nSPS) is 10.2. The summed E-state index contributed by atoms with van der Waals surface area (Å²) >= 11 is 0. The second-order valence-electron chi connectivity index (χ2n) is 3.63. The van der Waals surface area contributed by atoms with Gasteiger partial charge in [0.15, 0.2) is 5.91 Å². The van der Waals surface area contributed by atoms with Crippen LogP contribution in [0.1, 0.15) is 12.8 Å². The van der Waals surface area contributed by atoms with E-state index in [4.69, 9.17) is 9.84 Å². The second kappa shape index (κ2) is 12.5. The van der Waals surface area contributed by atoms with E-state index in [2.05, 4.69) is 10.6 Å². The number of carbonyl (C=O) groups excluding carboxylic acids is 1. The predicted octanol–water partition coefficient (Wildman–Crippen LogP) is -0.802. The third kappa shape index (κ3) is 13.1. The molecular weight excluding hydrogens is 256 g/mol. The van der Waals surface area contributed by atoms with Crippen LogP contribution in [0.2, 0.25) is 6.04 Å². The first-order valence-corrected chi connectivity index (χ1v) is 7.55. The van der Waals surface area contributed by atoms with Crippen molar-refractivity contribution in [2.75, 3.05) is 33.0 Å². The molecule has 0 bridgehead atoms. The second-order valence-corrected chi connectivity index (χ2v) is 5.30. The highest BCUT2D eigenvalue weighted by Crippen LogP contribution is 1.85. The van der Waals surface area contributed by atoms with E-state index >= 15 is 0 Å². The van der Waals surface area contributed by atoms with Gasteiger partial charge < -0.3 is 24.4 Å². The average molecular weight is 276 g/mol. The fraction of sp³-hybridized carbons (Fsp3) is 0.800. The summed E-state index contributed by atoms with van der Waals surface area (Å²) in [6.45, 7) is 2.78. The van der Waals surface area contributed by atoms with Crippen LogP contribution in [0.15, 0.2) is 0 Å². The van der Waals surface area contributed by atoms with Gasteiger partial charge in [-0.1, -0.05) is 0 Å². The van der Waals surface area contributed by atoms with E-state index < -0.39 is 14.7 Å². The third-order valence-electron chi connectivity index (χ3n) is 2.05. The predicted molar refractivity (Wildman–Crippen MR) is 66.6 cm³/mol. The zero-order chi connectivity index (χ0) is 13.6. The molecule has 104 valence electrons. The monoisotopic (exact) mass is 276 g/mol. The van der Waals surface area contributed by atoms with Crippen molar-refractivity contribution in [3.05, 3.63) is 0 Å². The van der Waals surface area contributed by atoms with Crippen LogP contribution in [-0.4, -0.2) is 58.6 Å². The molecule has 0 aromatic carbocycles. The van der Waals surface area contributed by atoms with Gasteiger partial charge in [0.25, 0.3) is 0 Å². The topological polar surface area (TPSA) is 105 Å². The number of aliphatic carboxylic acids is 1. The van der Waals surface area contributed by atoms with Gasteiger partial charge in [0.1, 0.15) is 0 Å². The molecule has 0 atom stereocenters. The summed E-state index contributed by atoms with van der Waals surface area (Å²) in [5, 5.41) is 14.5. The van der Waals surface area contributed by atoms with Crippen molar-refractivity contribution in [3.8, 4) is 0 Å². The Kier molecular flexibility index (Phi) is 11.8. The van der Waals surface area contributed by atoms with E-state index in [1.54, 1.807) is 0 Å². The van der Waals surface area contributed by atoms with Crippen LogP contribution < -0.4 is 10.6 Å². The molecule has 0 spiro atoms. The number of carboxylic acid groups (broad SMARTS) is 1. The van der Waals surface area contributed by atoms with Crippen LogP contribution in [0.3, 0.4) is 0 Å². The summed E-state index contributed by atoms with van der Waals surface area (Å²) in [6.07, 6.45) is 0.797. The zero-order valence-corrected chi connectivity index (χ0v) is 11.3. The van der Waals surface area contributed by atoms with Gasteiger partial charge in [0.2, 0.25) is 0 Å². The Morgan fingerprint density at radius 2 is 2.00 bits per heavy atom. The number of carbonyl (C=O) groups is 2. The molecule has 0 saturated carbocycles. The van der Waals surface area contributed by atoms with Crippen molar-refractivity contribution in [2.45, 2.75) is 18.9 Å². The van der Waals surface area contributed by atoms with Gasteiger partial charge in [0, 0.05) is 25.6 Å². The molecule has 18 heavy (non-hydrogen) atoms. The van der Waals surface area contributed by atoms with Gasteiger partial charge in [-0.05, 0) is 13.0 Å². The van der Waals surface area contributed by atoms with Crippen LogP contribution in [0.25, 0.3) is 0 Å². The standard InChI is InChI=1S/C10H20N2O5Si/c13-9-18(16)7-6-17-8-12-5-4-11-3-1-2-10(14)15/h9,11-12H,1-8H2,(H,14,15). The minimum absolute atomic E-state index is 0.180. The maximum absolute atomic E-state index is 10.8. The van der Waals surface area contributed by atoms with Crippen molar-refractivity contribution >= 4 is 20.6 Å². The maximum atomic E-state index is 10.8. The lowest BCUT2D eigenvalue weighted by Gasteiger charge is -2.06. The molecular formula is C10H20N2O5Si. The molecule has 8 heteroatoms. The van der Waals surface area contributed by atoms with E-state index in [1.807, 2.05) is 0 Å². The van der Waals surface area contributed by atoms with Crippen LogP contribution in [-0.2, 0) is 18.8 Å². The number of carboxylic acids is 1. The molecule has 0 aliphatic rings. The highest BCUT2D eigenvalue weighted by atomic mass is 28.3. The third-order valence-corrected chi connectivity index (χ3v) is 3.01. The van der Waals surface area contributed by atoms with Gasteiger partial charge in [-0.25, -0.2) is 0 Å². The number of ether oxygens (including phenoxy) is 1. The lowest BCUT2D eigenvalue weighted by molar-refractivity contribution is -0.137. The molecule has 0 fully saturated rings. The average Bonchev–Trinajstić information content (AvgIpc) is 2.35. The molecule has 0 radical (unpaired) electrons. The number of hydrogen-bond acceptors (Lipinski definition) is 6. The van der Waals surface area contributed by atoms with E-state index in [1.165, 1.54) is 0 Å². The summed E-state index contributed by atoms with van der Waals surface area (Å²) in [7, 11) is -2.09. The first-order chi connectivity index (χ1) is 8.66. The Balaban J connectivity index is 3.05. The van der Waals surface area contributed by atoms with Crippen molar-refractivity contribution in [1.82, 2.24) is 10.6 Å². The number of nitrogens with one attached hydrogen (secondary N) is 2. The Bertz CT molecular complexity index is 263. The summed E-state index contributed by atoms with van der Waals surface area (Å²) in [4.78, 5) is 20.3. The number of rotatable bonds is 13. The SMILES string of the molecule is O=C[Si](=O)CCOCNCCNCCCC(=O)O. The summed E-state index contributed by atoms with van der Waals surface area (Å²) in [6, 6.07) is 0.295. The van der Waals surface area contributed by atoms with Gasteiger partial charge >= 0.3 is 14.7 Å². The minimum atomic E-state index is -2.09. The van der Waals surface area contributed by atoms with Crippen molar-refractivity contribution < 1.29 is 23.9 Å². The molecule has 0 aromatic rings. The highest BCUT2D eigenvalue weighted by Gasteiger charge is 2.01. The highest BCUT2D eigenvalue weighted by molar-refractivity contribution is 6.72. The Morgan fingerprint density at radius 3 is 2.67 bits per heavy atom. The van der Waals surface area contributed by atoms with Crippen molar-refractivity contribution in [2.24, 2.45) is 0 Å². The molecule has 0 rings (SSSR count). The summed E-state index contributed by atoms with van der Waals surface area (Å²) in [5.41, 5.74) is 0. The van der Waals surface area contributed by atoms with Gasteiger partial charge in [-0.2, -0.15) is 0 Å². The van der Waals surface area contributed by atoms with Gasteiger partial charge in [-0.3, -0.25) is 10.1 Å². The molecule has 0 aliphatic heterocycles. The van der Waals surface area contributed by atoms with Crippen molar-refractivity contribution in [1.29, 1.82) is 0 Å². The fourth-order valence-corrected chi connectivity index (χ4v) is 1.58. The lowest BCUT2D eigenvalue weighted by Crippen LogP contribution is -2.29. The molecule has 3 N–H and O–H groups in total. The maximum Gasteiger partial charge on any atom is 0.348 e. The molecule has 0 aromatic heterocycles. The van der Waals surface area contributed by atoms with Gasteiger partial charge in [-0.15, -0.1) is 0 Å². The Labute approximate surface area is 108 Å². The largest absolute Gasteiger partial charge is 0.481 e. The quantitative estimate of drug-likeness (QED) is 0.175. The molecule has 0 amide bonds. The lowest BCUT2D eigenvalue weighted by atomic mass is 10.3. The van der Waals surface area contributed by atoms with Crippen LogP contribution in [0, 0.1) is 0 Å². The minimum Gasteiger partial charge on any atom is -0.481 e. The van der Waals surface area contributed by atoms with Crippen LogP contribution >= 0.6 is 0 Å². The van der Waals surface area contributed by atoms with E-state index in [9.17, 15) is 14.1 Å². The first kappa shape index (κ1) is 17.0. The molecule has 0 unspecified atom stereocenters. The molecule has 0 heterocycles. The molecule has 7 nitrogen and oxygen atoms in total. The summed E-state index contributed by atoms with van der Waals surface area (Å²) in [5.74, 6) is -0.305. The van der Waals surface area contributed by atoms with E-state index in [0.717, 1.165) is 6.54 Å². The number of hydrogen-bond donors (Lipinski definition) is 3. The smallest absolute Gasteiger partial charge is 0.348 e. The van der Waals surface area contributed by atoms with Crippen LogP contribution in [0.5, 0.6) is 0 Å². The first-order valence-electron chi connectivity index (χ1n) is 5.85. The van der Waals surface area contributed by atoms with Gasteiger partial charge in [0.05, 0.1) is 13.3 Å². The summed E-state index contributed by atoms with van der Waals surface area (Å²) < 4.78 is 15.9. The van der Waals surface area contributed by atoms with E-state index in [0.29, 0.717) is 44.8 Å². The fourth-order valence-electron chi connectivity index (χ4n) is 1.11. The molecule has 0 aliphatic carbocycles. The zero-order valence-electron chi connectivity index (χ0n) is 10.3. The molecule has 0 saturated heterocycles. The van der Waals surface area contributed by atoms with E-state index in [-0.39, 0.29) is 6.42 Å². The Hall–Kier alpha value is -0.963. The van der Waals surface area contributed by atoms with Crippen molar-refractivity contribution in [3.63, 3.8) is 0 Å².